The second kappa shape index (κ2) is 3.79. The fourth-order valence-electron chi connectivity index (χ4n) is 1.04. The summed E-state index contributed by atoms with van der Waals surface area (Å²) in [5, 5.41) is -0.313. The molecule has 0 aromatic heterocycles. The second-order valence-corrected chi connectivity index (χ2v) is 3.43. The average molecular weight is 224 g/mol. The lowest BCUT2D eigenvalue weighted by Crippen LogP contribution is -2.09. The topological polar surface area (TPSA) is 26.0 Å². The van der Waals surface area contributed by atoms with Gasteiger partial charge in [0.15, 0.2) is 0 Å². The fraction of sp³-hybridized carbons (Fsp3) is 0.333. The fourth-order valence-corrected chi connectivity index (χ4v) is 1.34. The number of benzene rings is 1. The minimum atomic E-state index is -4.41. The maximum Gasteiger partial charge on any atom is 0.417 e. The molecule has 0 bridgehead atoms. The van der Waals surface area contributed by atoms with Crippen LogP contribution in [0.4, 0.5) is 13.2 Å². The van der Waals surface area contributed by atoms with Crippen molar-refractivity contribution in [1.29, 1.82) is 0 Å². The van der Waals surface area contributed by atoms with E-state index in [0.29, 0.717) is 5.56 Å². The van der Waals surface area contributed by atoms with Gasteiger partial charge in [-0.3, -0.25) is 0 Å². The first-order valence-corrected chi connectivity index (χ1v) is 4.32. The lowest BCUT2D eigenvalue weighted by atomic mass is 10.1. The molecule has 0 spiro atoms. The monoisotopic (exact) mass is 223 g/mol. The number of hydrogen-bond donors (Lipinski definition) is 1. The molecule has 1 nitrogen and oxygen atoms in total. The molecular weight excluding hydrogens is 215 g/mol. The number of rotatable bonds is 1. The molecule has 0 saturated carbocycles. The van der Waals surface area contributed by atoms with E-state index in [1.807, 2.05) is 0 Å². The minimum Gasteiger partial charge on any atom is -0.324 e. The van der Waals surface area contributed by atoms with Gasteiger partial charge in [-0.1, -0.05) is 17.7 Å². The van der Waals surface area contributed by atoms with Crippen molar-refractivity contribution in [3.63, 3.8) is 0 Å². The van der Waals surface area contributed by atoms with E-state index in [1.54, 1.807) is 6.92 Å². The van der Waals surface area contributed by atoms with Crippen molar-refractivity contribution in [1.82, 2.24) is 0 Å². The van der Waals surface area contributed by atoms with E-state index >= 15 is 0 Å². The van der Waals surface area contributed by atoms with Gasteiger partial charge >= 0.3 is 6.18 Å². The first-order valence-electron chi connectivity index (χ1n) is 3.94. The van der Waals surface area contributed by atoms with Crippen molar-refractivity contribution in [3.8, 4) is 0 Å². The van der Waals surface area contributed by atoms with Gasteiger partial charge in [-0.25, -0.2) is 0 Å². The largest absolute Gasteiger partial charge is 0.417 e. The summed E-state index contributed by atoms with van der Waals surface area (Å²) in [5.74, 6) is 0. The van der Waals surface area contributed by atoms with Crippen molar-refractivity contribution in [2.75, 3.05) is 0 Å². The van der Waals surface area contributed by atoms with Crippen LogP contribution in [0.15, 0.2) is 18.2 Å². The third kappa shape index (κ3) is 2.39. The number of nitrogens with two attached hydrogens (primary N) is 1. The van der Waals surface area contributed by atoms with E-state index in [1.165, 1.54) is 12.1 Å². The molecule has 5 heteroatoms. The normalized spacial score (nSPS) is 14.1. The van der Waals surface area contributed by atoms with Gasteiger partial charge in [-0.05, 0) is 24.6 Å². The van der Waals surface area contributed by atoms with E-state index in [9.17, 15) is 13.2 Å². The second-order valence-electron chi connectivity index (χ2n) is 3.03. The Kier molecular flexibility index (Phi) is 3.07. The molecule has 0 aliphatic rings. The van der Waals surface area contributed by atoms with Gasteiger partial charge in [0.2, 0.25) is 0 Å². The van der Waals surface area contributed by atoms with Crippen molar-refractivity contribution in [2.45, 2.75) is 19.1 Å². The van der Waals surface area contributed by atoms with Gasteiger partial charge in [0.05, 0.1) is 10.6 Å². The highest BCUT2D eigenvalue weighted by Gasteiger charge is 2.33. The number of halogens is 4. The van der Waals surface area contributed by atoms with E-state index in [-0.39, 0.29) is 11.1 Å². The van der Waals surface area contributed by atoms with Gasteiger partial charge in [0.1, 0.15) is 0 Å². The maximum atomic E-state index is 12.3. The van der Waals surface area contributed by atoms with Crippen LogP contribution in [0.5, 0.6) is 0 Å². The molecule has 78 valence electrons. The smallest absolute Gasteiger partial charge is 0.324 e. The molecule has 1 aromatic carbocycles. The van der Waals surface area contributed by atoms with Crippen molar-refractivity contribution >= 4 is 11.6 Å². The highest BCUT2D eigenvalue weighted by atomic mass is 35.5. The zero-order valence-corrected chi connectivity index (χ0v) is 8.15. The van der Waals surface area contributed by atoms with E-state index < -0.39 is 11.7 Å². The standard InChI is InChI=1S/C9H9ClF3N/c1-5(14)6-2-3-7(8(10)4-6)9(11,12)13/h2-5H,14H2,1H3/t5-/m0/s1. The summed E-state index contributed by atoms with van der Waals surface area (Å²) in [6, 6.07) is 3.20. The van der Waals surface area contributed by atoms with Crippen LogP contribution in [-0.4, -0.2) is 0 Å². The predicted molar refractivity (Wildman–Crippen MR) is 49.1 cm³/mol. The summed E-state index contributed by atoms with van der Waals surface area (Å²) < 4.78 is 36.8. The number of alkyl halides is 3. The van der Waals surface area contributed by atoms with E-state index in [2.05, 4.69) is 0 Å². The highest BCUT2D eigenvalue weighted by molar-refractivity contribution is 6.31. The molecule has 0 amide bonds. The molecule has 2 N–H and O–H groups in total. The summed E-state index contributed by atoms with van der Waals surface area (Å²) in [7, 11) is 0. The van der Waals surface area contributed by atoms with Gasteiger partial charge in [-0.2, -0.15) is 13.2 Å². The lowest BCUT2D eigenvalue weighted by molar-refractivity contribution is -0.137. The predicted octanol–water partition coefficient (Wildman–Crippen LogP) is 3.38. The van der Waals surface area contributed by atoms with Gasteiger partial charge < -0.3 is 5.73 Å². The Morgan fingerprint density at radius 3 is 2.29 bits per heavy atom. The van der Waals surface area contributed by atoms with Crippen LogP contribution in [0.2, 0.25) is 5.02 Å². The summed E-state index contributed by atoms with van der Waals surface area (Å²) in [6.45, 7) is 1.68. The summed E-state index contributed by atoms with van der Waals surface area (Å²) in [6.07, 6.45) is -4.41. The van der Waals surface area contributed by atoms with Crippen molar-refractivity contribution < 1.29 is 13.2 Å². The van der Waals surface area contributed by atoms with Gasteiger partial charge in [-0.15, -0.1) is 0 Å². The van der Waals surface area contributed by atoms with Crippen LogP contribution >= 0.6 is 11.6 Å². The van der Waals surface area contributed by atoms with E-state index in [4.69, 9.17) is 17.3 Å². The molecule has 1 rings (SSSR count). The Labute approximate surface area is 84.7 Å². The molecule has 0 radical (unpaired) electrons. The summed E-state index contributed by atoms with van der Waals surface area (Å²) >= 11 is 5.48. The minimum absolute atomic E-state index is 0.313. The SMILES string of the molecule is C[C@H](N)c1ccc(C(F)(F)F)c(Cl)c1. The molecule has 0 unspecified atom stereocenters. The maximum absolute atomic E-state index is 12.3. The Morgan fingerprint density at radius 1 is 1.36 bits per heavy atom. The van der Waals surface area contributed by atoms with Crippen LogP contribution in [0.3, 0.4) is 0 Å². The van der Waals surface area contributed by atoms with Crippen LogP contribution < -0.4 is 5.73 Å². The first-order chi connectivity index (χ1) is 6.32. The quantitative estimate of drug-likeness (QED) is 0.776. The number of hydrogen-bond acceptors (Lipinski definition) is 1. The van der Waals surface area contributed by atoms with Crippen LogP contribution in [0.1, 0.15) is 24.1 Å². The molecule has 0 fully saturated rings. The lowest BCUT2D eigenvalue weighted by Gasteiger charge is -2.11. The third-order valence-electron chi connectivity index (χ3n) is 1.82. The van der Waals surface area contributed by atoms with E-state index in [0.717, 1.165) is 6.07 Å². The highest BCUT2D eigenvalue weighted by Crippen LogP contribution is 2.35. The Balaban J connectivity index is 3.15. The molecule has 0 saturated heterocycles. The van der Waals surface area contributed by atoms with Crippen LogP contribution in [-0.2, 0) is 6.18 Å². The Hall–Kier alpha value is -0.740. The molecule has 1 atom stereocenters. The summed E-state index contributed by atoms with van der Waals surface area (Å²) in [5.41, 5.74) is 5.26. The van der Waals surface area contributed by atoms with Crippen LogP contribution in [0.25, 0.3) is 0 Å². The Morgan fingerprint density at radius 2 is 1.93 bits per heavy atom. The molecule has 1 aromatic rings. The molecular formula is C9H9ClF3N. The zero-order valence-electron chi connectivity index (χ0n) is 7.40. The first kappa shape index (κ1) is 11.3. The molecule has 0 aliphatic carbocycles. The van der Waals surface area contributed by atoms with Crippen molar-refractivity contribution in [3.05, 3.63) is 34.3 Å². The third-order valence-corrected chi connectivity index (χ3v) is 2.14. The van der Waals surface area contributed by atoms with Gasteiger partial charge in [0.25, 0.3) is 0 Å². The average Bonchev–Trinajstić information content (AvgIpc) is 2.01. The zero-order chi connectivity index (χ0) is 10.9. The Bertz CT molecular complexity index is 333. The summed E-state index contributed by atoms with van der Waals surface area (Å²) in [4.78, 5) is 0. The van der Waals surface area contributed by atoms with Gasteiger partial charge in [0, 0.05) is 6.04 Å². The molecule has 0 aliphatic heterocycles. The molecule has 0 heterocycles. The van der Waals surface area contributed by atoms with Crippen LogP contribution in [0, 0.1) is 0 Å². The van der Waals surface area contributed by atoms with Crippen molar-refractivity contribution in [2.24, 2.45) is 5.73 Å². The molecule has 14 heavy (non-hydrogen) atoms.